The topological polar surface area (TPSA) is 34.9 Å². The lowest BCUT2D eigenvalue weighted by atomic mass is 10.1. The van der Waals surface area contributed by atoms with Crippen molar-refractivity contribution in [2.24, 2.45) is 0 Å². The lowest BCUT2D eigenvalue weighted by molar-refractivity contribution is 0.102. The minimum Gasteiger partial charge on any atom is -0.341 e. The Morgan fingerprint density at radius 3 is 2.58 bits per heavy atom. The Kier molecular flexibility index (Phi) is 4.05. The van der Waals surface area contributed by atoms with E-state index in [-0.39, 0.29) is 17.7 Å². The molecule has 0 saturated heterocycles. The van der Waals surface area contributed by atoms with Gasteiger partial charge in [-0.05, 0) is 44.5 Å². The van der Waals surface area contributed by atoms with Crippen LogP contribution in [0.5, 0.6) is 0 Å². The minimum atomic E-state index is -0.0251. The fourth-order valence-corrected chi connectivity index (χ4v) is 2.66. The predicted molar refractivity (Wildman–Crippen MR) is 77.0 cm³/mol. The maximum atomic E-state index is 11.8. The Bertz CT molecular complexity index is 590. The van der Waals surface area contributed by atoms with Crippen LogP contribution in [0.1, 0.15) is 40.3 Å². The number of aryl methyl sites for hydroxylation is 1. The lowest BCUT2D eigenvalue weighted by Gasteiger charge is -2.19. The van der Waals surface area contributed by atoms with Gasteiger partial charge in [0, 0.05) is 29.3 Å². The van der Waals surface area contributed by atoms with Gasteiger partial charge in [0.1, 0.15) is 0 Å². The third-order valence-corrected chi connectivity index (χ3v) is 3.72. The van der Waals surface area contributed by atoms with Crippen molar-refractivity contribution in [1.29, 1.82) is 0 Å². The zero-order chi connectivity index (χ0) is 14.0. The Morgan fingerprint density at radius 2 is 2.00 bits per heavy atom. The van der Waals surface area contributed by atoms with Crippen molar-refractivity contribution in [3.05, 3.63) is 53.1 Å². The molecule has 4 heteroatoms. The van der Waals surface area contributed by atoms with Crippen LogP contribution in [0.15, 0.2) is 30.6 Å². The highest BCUT2D eigenvalue weighted by atomic mass is 35.5. The highest BCUT2D eigenvalue weighted by Gasteiger charge is 2.18. The van der Waals surface area contributed by atoms with Gasteiger partial charge in [0.15, 0.2) is 5.78 Å². The number of Topliss-reactive ketones (excluding diaryl/α,β-unsaturated/α-hetero) is 1. The summed E-state index contributed by atoms with van der Waals surface area (Å²) in [7, 11) is 0. The standard InChI is InChI=1S/C15H17ClN2O/c1-10-8-14(15(19)9-16)12(3)18(10)11(2)13-4-6-17-7-5-13/h4-8,11H,9H2,1-3H3. The molecular weight excluding hydrogens is 260 g/mol. The Morgan fingerprint density at radius 1 is 1.37 bits per heavy atom. The van der Waals surface area contributed by atoms with Gasteiger partial charge in [0.2, 0.25) is 0 Å². The van der Waals surface area contributed by atoms with Crippen molar-refractivity contribution < 1.29 is 4.79 Å². The van der Waals surface area contributed by atoms with E-state index in [1.165, 1.54) is 5.56 Å². The molecule has 2 aromatic rings. The largest absolute Gasteiger partial charge is 0.341 e. The van der Waals surface area contributed by atoms with Crippen LogP contribution in [-0.4, -0.2) is 21.2 Å². The van der Waals surface area contributed by atoms with Gasteiger partial charge in [-0.3, -0.25) is 9.78 Å². The first-order chi connectivity index (χ1) is 9.06. The number of ketones is 1. The summed E-state index contributed by atoms with van der Waals surface area (Å²) in [5.74, 6) is -0.00329. The number of carbonyl (C=O) groups excluding carboxylic acids is 1. The molecule has 3 nitrogen and oxygen atoms in total. The second kappa shape index (κ2) is 5.57. The first-order valence-corrected chi connectivity index (χ1v) is 6.77. The summed E-state index contributed by atoms with van der Waals surface area (Å²) in [6.07, 6.45) is 3.57. The molecule has 1 atom stereocenters. The molecule has 0 saturated carbocycles. The molecule has 19 heavy (non-hydrogen) atoms. The third-order valence-electron chi connectivity index (χ3n) is 3.48. The molecule has 0 spiro atoms. The molecule has 2 rings (SSSR count). The highest BCUT2D eigenvalue weighted by Crippen LogP contribution is 2.25. The monoisotopic (exact) mass is 276 g/mol. The normalized spacial score (nSPS) is 12.4. The molecule has 0 fully saturated rings. The quantitative estimate of drug-likeness (QED) is 0.632. The van der Waals surface area contributed by atoms with Crippen LogP contribution in [0.3, 0.4) is 0 Å². The minimum absolute atomic E-state index is 0.0218. The maximum absolute atomic E-state index is 11.8. The summed E-state index contributed by atoms with van der Waals surface area (Å²) in [4.78, 5) is 15.8. The highest BCUT2D eigenvalue weighted by molar-refractivity contribution is 6.30. The molecule has 100 valence electrons. The van der Waals surface area contributed by atoms with Crippen molar-refractivity contribution in [3.8, 4) is 0 Å². The summed E-state index contributed by atoms with van der Waals surface area (Å²) in [6, 6.07) is 6.07. The van der Waals surface area contributed by atoms with Gasteiger partial charge in [0.05, 0.1) is 11.9 Å². The van der Waals surface area contributed by atoms with Gasteiger partial charge >= 0.3 is 0 Å². The van der Waals surface area contributed by atoms with E-state index in [9.17, 15) is 4.79 Å². The van der Waals surface area contributed by atoms with E-state index in [1.54, 1.807) is 12.4 Å². The molecule has 0 radical (unpaired) electrons. The predicted octanol–water partition coefficient (Wildman–Crippen LogP) is 3.53. The molecule has 0 aliphatic carbocycles. The number of rotatable bonds is 4. The number of pyridine rings is 1. The van der Waals surface area contributed by atoms with Crippen molar-refractivity contribution in [1.82, 2.24) is 9.55 Å². The molecule has 0 N–H and O–H groups in total. The number of hydrogen-bond donors (Lipinski definition) is 0. The summed E-state index contributed by atoms with van der Waals surface area (Å²) in [6.45, 7) is 6.09. The van der Waals surface area contributed by atoms with Gasteiger partial charge in [0.25, 0.3) is 0 Å². The van der Waals surface area contributed by atoms with Crippen molar-refractivity contribution in [2.75, 3.05) is 5.88 Å². The first kappa shape index (κ1) is 13.8. The molecule has 2 aromatic heterocycles. The smallest absolute Gasteiger partial charge is 0.179 e. The second-order valence-electron chi connectivity index (χ2n) is 4.67. The number of alkyl halides is 1. The lowest BCUT2D eigenvalue weighted by Crippen LogP contribution is -2.11. The molecule has 0 aromatic carbocycles. The van der Waals surface area contributed by atoms with Gasteiger partial charge in [-0.15, -0.1) is 11.6 Å². The van der Waals surface area contributed by atoms with Crippen LogP contribution in [0, 0.1) is 13.8 Å². The first-order valence-electron chi connectivity index (χ1n) is 6.23. The Labute approximate surface area is 118 Å². The van der Waals surface area contributed by atoms with Crippen LogP contribution in [-0.2, 0) is 0 Å². The van der Waals surface area contributed by atoms with Gasteiger partial charge in [-0.25, -0.2) is 0 Å². The summed E-state index contributed by atoms with van der Waals surface area (Å²) in [5.41, 5.74) is 3.91. The van der Waals surface area contributed by atoms with Gasteiger partial charge in [-0.1, -0.05) is 0 Å². The van der Waals surface area contributed by atoms with Crippen molar-refractivity contribution in [2.45, 2.75) is 26.8 Å². The average molecular weight is 277 g/mol. The molecule has 0 aliphatic rings. The molecule has 0 bridgehead atoms. The van der Waals surface area contributed by atoms with Crippen molar-refractivity contribution in [3.63, 3.8) is 0 Å². The number of nitrogens with zero attached hydrogens (tertiary/aromatic N) is 2. The van der Waals surface area contributed by atoms with Crippen molar-refractivity contribution >= 4 is 17.4 Å². The Hall–Kier alpha value is -1.61. The molecule has 0 aliphatic heterocycles. The van der Waals surface area contributed by atoms with Gasteiger partial charge < -0.3 is 4.57 Å². The number of halogens is 1. The number of hydrogen-bond acceptors (Lipinski definition) is 2. The van der Waals surface area contributed by atoms with Crippen LogP contribution in [0.2, 0.25) is 0 Å². The molecule has 1 unspecified atom stereocenters. The molecule has 0 amide bonds. The fourth-order valence-electron chi connectivity index (χ4n) is 2.52. The van der Waals surface area contributed by atoms with E-state index in [0.29, 0.717) is 5.56 Å². The van der Waals surface area contributed by atoms with E-state index in [0.717, 1.165) is 11.4 Å². The third kappa shape index (κ3) is 2.56. The van der Waals surface area contributed by atoms with E-state index in [2.05, 4.69) is 16.5 Å². The maximum Gasteiger partial charge on any atom is 0.179 e. The van der Waals surface area contributed by atoms with Crippen LogP contribution < -0.4 is 0 Å². The molecule has 2 heterocycles. The fraction of sp³-hybridized carbons (Fsp3) is 0.333. The van der Waals surface area contributed by atoms with Gasteiger partial charge in [-0.2, -0.15) is 0 Å². The Balaban J connectivity index is 2.46. The zero-order valence-corrected chi connectivity index (χ0v) is 12.1. The van der Waals surface area contributed by atoms with Crippen LogP contribution in [0.4, 0.5) is 0 Å². The van der Waals surface area contributed by atoms with E-state index >= 15 is 0 Å². The summed E-state index contributed by atoms with van der Waals surface area (Å²) < 4.78 is 2.16. The molecular formula is C15H17ClN2O. The number of aromatic nitrogens is 2. The SMILES string of the molecule is Cc1cc(C(=O)CCl)c(C)n1C(C)c1ccncc1. The second-order valence-corrected chi connectivity index (χ2v) is 4.94. The average Bonchev–Trinajstić information content (AvgIpc) is 2.73. The summed E-state index contributed by atoms with van der Waals surface area (Å²) in [5, 5.41) is 0. The van der Waals surface area contributed by atoms with Crippen LogP contribution >= 0.6 is 11.6 Å². The van der Waals surface area contributed by atoms with E-state index in [4.69, 9.17) is 11.6 Å². The van der Waals surface area contributed by atoms with E-state index in [1.807, 2.05) is 32.0 Å². The van der Waals surface area contributed by atoms with Crippen LogP contribution in [0.25, 0.3) is 0 Å². The summed E-state index contributed by atoms with van der Waals surface area (Å²) >= 11 is 5.65. The van der Waals surface area contributed by atoms with E-state index < -0.39 is 0 Å². The zero-order valence-electron chi connectivity index (χ0n) is 11.4. The number of carbonyl (C=O) groups is 1.